The van der Waals surface area contributed by atoms with Crippen LogP contribution in [0.15, 0.2) is 24.3 Å². The molecule has 0 aliphatic heterocycles. The van der Waals surface area contributed by atoms with Gasteiger partial charge in [-0.15, -0.1) is 0 Å². The van der Waals surface area contributed by atoms with Crippen molar-refractivity contribution in [2.75, 3.05) is 13.7 Å². The van der Waals surface area contributed by atoms with Crippen molar-refractivity contribution in [3.8, 4) is 5.75 Å². The SMILES string of the molecule is COc1cccc(CNC(=O)CCCCO)c1. The second-order valence-corrected chi connectivity index (χ2v) is 3.81. The first-order valence-corrected chi connectivity index (χ1v) is 5.76. The van der Waals surface area contributed by atoms with Gasteiger partial charge in [0.25, 0.3) is 0 Å². The molecule has 0 radical (unpaired) electrons. The molecule has 94 valence electrons. The average Bonchev–Trinajstić information content (AvgIpc) is 2.37. The summed E-state index contributed by atoms with van der Waals surface area (Å²) < 4.78 is 5.10. The van der Waals surface area contributed by atoms with Crippen LogP contribution in [0.4, 0.5) is 0 Å². The van der Waals surface area contributed by atoms with Gasteiger partial charge in [-0.25, -0.2) is 0 Å². The molecule has 0 saturated heterocycles. The minimum Gasteiger partial charge on any atom is -0.497 e. The predicted octanol–water partition coefficient (Wildman–Crippen LogP) is 1.47. The Bertz CT molecular complexity index is 352. The van der Waals surface area contributed by atoms with Gasteiger partial charge in [-0.2, -0.15) is 0 Å². The number of hydrogen-bond acceptors (Lipinski definition) is 3. The zero-order valence-electron chi connectivity index (χ0n) is 10.1. The zero-order valence-corrected chi connectivity index (χ0v) is 10.1. The van der Waals surface area contributed by atoms with E-state index >= 15 is 0 Å². The lowest BCUT2D eigenvalue weighted by Gasteiger charge is -2.06. The molecule has 1 aromatic rings. The van der Waals surface area contributed by atoms with Gasteiger partial charge in [0.1, 0.15) is 5.75 Å². The van der Waals surface area contributed by atoms with Gasteiger partial charge in [0.15, 0.2) is 0 Å². The molecular weight excluding hydrogens is 218 g/mol. The minimum atomic E-state index is 0.0151. The Kier molecular flexibility index (Phi) is 6.10. The van der Waals surface area contributed by atoms with E-state index in [9.17, 15) is 4.79 Å². The Morgan fingerprint density at radius 2 is 2.24 bits per heavy atom. The van der Waals surface area contributed by atoms with E-state index in [0.717, 1.165) is 17.7 Å². The summed E-state index contributed by atoms with van der Waals surface area (Å²) in [4.78, 5) is 11.4. The van der Waals surface area contributed by atoms with Gasteiger partial charge in [-0.3, -0.25) is 4.79 Å². The molecule has 17 heavy (non-hydrogen) atoms. The number of carbonyl (C=O) groups is 1. The Morgan fingerprint density at radius 3 is 2.94 bits per heavy atom. The van der Waals surface area contributed by atoms with E-state index in [4.69, 9.17) is 9.84 Å². The quantitative estimate of drug-likeness (QED) is 0.706. The normalized spacial score (nSPS) is 10.0. The molecule has 4 heteroatoms. The van der Waals surface area contributed by atoms with Crippen molar-refractivity contribution in [1.29, 1.82) is 0 Å². The molecule has 0 bridgehead atoms. The molecule has 0 aromatic heterocycles. The molecule has 0 saturated carbocycles. The number of rotatable bonds is 7. The van der Waals surface area contributed by atoms with Gasteiger partial charge in [-0.05, 0) is 30.5 Å². The third-order valence-electron chi connectivity index (χ3n) is 2.44. The van der Waals surface area contributed by atoms with E-state index < -0.39 is 0 Å². The summed E-state index contributed by atoms with van der Waals surface area (Å²) in [5, 5.41) is 11.4. The highest BCUT2D eigenvalue weighted by Gasteiger charge is 2.01. The van der Waals surface area contributed by atoms with Crippen LogP contribution in [0.25, 0.3) is 0 Å². The van der Waals surface area contributed by atoms with Crippen molar-refractivity contribution in [2.24, 2.45) is 0 Å². The van der Waals surface area contributed by atoms with Crippen LogP contribution < -0.4 is 10.1 Å². The van der Waals surface area contributed by atoms with Crippen molar-refractivity contribution in [3.63, 3.8) is 0 Å². The van der Waals surface area contributed by atoms with E-state index in [1.807, 2.05) is 24.3 Å². The van der Waals surface area contributed by atoms with Crippen LogP contribution in [-0.4, -0.2) is 24.7 Å². The van der Waals surface area contributed by atoms with Crippen molar-refractivity contribution in [2.45, 2.75) is 25.8 Å². The van der Waals surface area contributed by atoms with Crippen LogP contribution >= 0.6 is 0 Å². The summed E-state index contributed by atoms with van der Waals surface area (Å²) in [6.45, 7) is 0.651. The molecule has 0 heterocycles. The molecule has 1 rings (SSSR count). The fourth-order valence-electron chi connectivity index (χ4n) is 1.47. The maximum Gasteiger partial charge on any atom is 0.220 e. The summed E-state index contributed by atoms with van der Waals surface area (Å²) in [5.74, 6) is 0.804. The summed E-state index contributed by atoms with van der Waals surface area (Å²) in [5.41, 5.74) is 1.01. The predicted molar refractivity (Wildman–Crippen MR) is 65.8 cm³/mol. The summed E-state index contributed by atoms with van der Waals surface area (Å²) in [7, 11) is 1.62. The smallest absolute Gasteiger partial charge is 0.220 e. The molecule has 0 aliphatic carbocycles. The fourth-order valence-corrected chi connectivity index (χ4v) is 1.47. The van der Waals surface area contributed by atoms with Gasteiger partial charge in [0.05, 0.1) is 7.11 Å². The van der Waals surface area contributed by atoms with Gasteiger partial charge in [-0.1, -0.05) is 12.1 Å². The number of ether oxygens (including phenoxy) is 1. The van der Waals surface area contributed by atoms with E-state index in [-0.39, 0.29) is 12.5 Å². The average molecular weight is 237 g/mol. The first-order valence-electron chi connectivity index (χ1n) is 5.76. The minimum absolute atomic E-state index is 0.0151. The second kappa shape index (κ2) is 7.68. The number of methoxy groups -OCH3 is 1. The van der Waals surface area contributed by atoms with Gasteiger partial charge >= 0.3 is 0 Å². The van der Waals surface area contributed by atoms with Crippen LogP contribution in [0.3, 0.4) is 0 Å². The zero-order chi connectivity index (χ0) is 12.5. The molecule has 1 aromatic carbocycles. The summed E-state index contributed by atoms with van der Waals surface area (Å²) in [6, 6.07) is 7.60. The third kappa shape index (κ3) is 5.36. The molecule has 0 spiro atoms. The van der Waals surface area contributed by atoms with Gasteiger partial charge < -0.3 is 15.2 Å². The van der Waals surface area contributed by atoms with E-state index in [0.29, 0.717) is 19.4 Å². The third-order valence-corrected chi connectivity index (χ3v) is 2.44. The molecule has 4 nitrogen and oxygen atoms in total. The summed E-state index contributed by atoms with van der Waals surface area (Å²) in [6.07, 6.45) is 1.86. The van der Waals surface area contributed by atoms with Crippen LogP contribution in [0.5, 0.6) is 5.75 Å². The molecule has 1 amide bonds. The van der Waals surface area contributed by atoms with E-state index in [2.05, 4.69) is 5.32 Å². The number of carbonyl (C=O) groups excluding carboxylic acids is 1. The van der Waals surface area contributed by atoms with E-state index in [1.54, 1.807) is 7.11 Å². The molecule has 0 aliphatic rings. The Labute approximate surface area is 102 Å². The van der Waals surface area contributed by atoms with Crippen molar-refractivity contribution in [1.82, 2.24) is 5.32 Å². The summed E-state index contributed by atoms with van der Waals surface area (Å²) >= 11 is 0. The number of benzene rings is 1. The van der Waals surface area contributed by atoms with E-state index in [1.165, 1.54) is 0 Å². The number of unbranched alkanes of at least 4 members (excludes halogenated alkanes) is 1. The van der Waals surface area contributed by atoms with Crippen LogP contribution in [0, 0.1) is 0 Å². The highest BCUT2D eigenvalue weighted by atomic mass is 16.5. The standard InChI is InChI=1S/C13H19NO3/c1-17-12-6-4-5-11(9-12)10-14-13(16)7-2-3-8-15/h4-6,9,15H,2-3,7-8,10H2,1H3,(H,14,16). The van der Waals surface area contributed by atoms with Crippen LogP contribution in [0.2, 0.25) is 0 Å². The molecule has 0 atom stereocenters. The molecule has 2 N–H and O–H groups in total. The second-order valence-electron chi connectivity index (χ2n) is 3.81. The van der Waals surface area contributed by atoms with Gasteiger partial charge in [0.2, 0.25) is 5.91 Å². The first kappa shape index (κ1) is 13.5. The number of aliphatic hydroxyl groups excluding tert-OH is 1. The van der Waals surface area contributed by atoms with Crippen molar-refractivity contribution in [3.05, 3.63) is 29.8 Å². The maximum atomic E-state index is 11.4. The number of nitrogens with one attached hydrogen (secondary N) is 1. The first-order chi connectivity index (χ1) is 8.26. The van der Waals surface area contributed by atoms with Crippen molar-refractivity contribution >= 4 is 5.91 Å². The molecular formula is C13H19NO3. The van der Waals surface area contributed by atoms with Crippen molar-refractivity contribution < 1.29 is 14.6 Å². The maximum absolute atomic E-state index is 11.4. The fraction of sp³-hybridized carbons (Fsp3) is 0.462. The topological polar surface area (TPSA) is 58.6 Å². The van der Waals surface area contributed by atoms with Crippen LogP contribution in [-0.2, 0) is 11.3 Å². The highest BCUT2D eigenvalue weighted by molar-refractivity contribution is 5.75. The lowest BCUT2D eigenvalue weighted by Crippen LogP contribution is -2.22. The lowest BCUT2D eigenvalue weighted by atomic mass is 10.2. The number of hydrogen-bond donors (Lipinski definition) is 2. The molecule has 0 unspecified atom stereocenters. The molecule has 0 fully saturated rings. The van der Waals surface area contributed by atoms with Crippen LogP contribution in [0.1, 0.15) is 24.8 Å². The Hall–Kier alpha value is -1.55. The Morgan fingerprint density at radius 1 is 1.41 bits per heavy atom. The Balaban J connectivity index is 2.31. The lowest BCUT2D eigenvalue weighted by molar-refractivity contribution is -0.121. The number of amides is 1. The largest absolute Gasteiger partial charge is 0.497 e. The monoisotopic (exact) mass is 237 g/mol. The number of aliphatic hydroxyl groups is 1. The van der Waals surface area contributed by atoms with Gasteiger partial charge in [0, 0.05) is 19.6 Å². The highest BCUT2D eigenvalue weighted by Crippen LogP contribution is 2.12.